The molecule has 2 unspecified atom stereocenters. The highest BCUT2D eigenvalue weighted by molar-refractivity contribution is 7.91. The molecule has 0 saturated carbocycles. The average molecular weight is 595 g/mol. The van der Waals surface area contributed by atoms with Gasteiger partial charge in [-0.1, -0.05) is 55.7 Å². The van der Waals surface area contributed by atoms with Crippen LogP contribution in [0.4, 0.5) is 0 Å². The number of ether oxygens (including phenoxy) is 2. The van der Waals surface area contributed by atoms with Crippen LogP contribution < -0.4 is 9.47 Å². The van der Waals surface area contributed by atoms with Crippen molar-refractivity contribution in [2.75, 3.05) is 0 Å². The van der Waals surface area contributed by atoms with Crippen LogP contribution in [0.2, 0.25) is 0 Å². The normalized spacial score (nSPS) is 13.7. The molecule has 0 spiro atoms. The van der Waals surface area contributed by atoms with Gasteiger partial charge in [-0.25, -0.2) is 8.42 Å². The minimum absolute atomic E-state index is 0.0285. The summed E-state index contributed by atoms with van der Waals surface area (Å²) in [5.74, 6) is 13.2. The summed E-state index contributed by atoms with van der Waals surface area (Å²) in [5.41, 5.74) is -0.743. The highest BCUT2D eigenvalue weighted by atomic mass is 32.2. The van der Waals surface area contributed by atoms with E-state index in [1.165, 1.54) is 18.2 Å². The van der Waals surface area contributed by atoms with Gasteiger partial charge in [-0.05, 0) is 106 Å². The van der Waals surface area contributed by atoms with Crippen LogP contribution in [0.5, 0.6) is 23.0 Å². The Morgan fingerprint density at radius 2 is 1.21 bits per heavy atom. The molecule has 0 saturated heterocycles. The lowest BCUT2D eigenvalue weighted by Crippen LogP contribution is -2.19. The monoisotopic (exact) mass is 594 g/mol. The van der Waals surface area contributed by atoms with E-state index < -0.39 is 21.0 Å². The summed E-state index contributed by atoms with van der Waals surface area (Å²) in [6.07, 6.45) is 1.02. The summed E-state index contributed by atoms with van der Waals surface area (Å²) in [6, 6.07) is 26.7. The highest BCUT2D eigenvalue weighted by Crippen LogP contribution is 2.34. The second-order valence-corrected chi connectivity index (χ2v) is 12.4. The van der Waals surface area contributed by atoms with E-state index in [1.807, 2.05) is 19.9 Å². The molecular formula is C36H34O6S. The van der Waals surface area contributed by atoms with Crippen molar-refractivity contribution in [3.05, 3.63) is 108 Å². The molecule has 43 heavy (non-hydrogen) atoms. The lowest BCUT2D eigenvalue weighted by atomic mass is 10.0. The first-order valence-electron chi connectivity index (χ1n) is 13.9. The molecule has 6 nitrogen and oxygen atoms in total. The molecule has 2 N–H and O–H groups in total. The number of hydrogen-bond donors (Lipinski definition) is 2. The average Bonchev–Trinajstić information content (AvgIpc) is 3.00. The van der Waals surface area contributed by atoms with Gasteiger partial charge >= 0.3 is 0 Å². The molecule has 0 amide bonds. The second kappa shape index (κ2) is 13.2. The molecule has 0 aliphatic heterocycles. The van der Waals surface area contributed by atoms with E-state index in [-0.39, 0.29) is 15.5 Å². The Morgan fingerprint density at radius 1 is 0.651 bits per heavy atom. The molecule has 0 aromatic heterocycles. The van der Waals surface area contributed by atoms with Gasteiger partial charge in [-0.3, -0.25) is 0 Å². The molecule has 4 aromatic rings. The van der Waals surface area contributed by atoms with Crippen molar-refractivity contribution in [1.82, 2.24) is 0 Å². The summed E-state index contributed by atoms with van der Waals surface area (Å²) in [4.78, 5) is 0.117. The Kier molecular flexibility index (Phi) is 9.63. The minimum atomic E-state index is -3.92. The van der Waals surface area contributed by atoms with Crippen molar-refractivity contribution in [2.24, 2.45) is 0 Å². The molecule has 2 atom stereocenters. The zero-order chi connectivity index (χ0) is 31.1. The van der Waals surface area contributed by atoms with Crippen molar-refractivity contribution < 1.29 is 28.1 Å². The maximum atomic E-state index is 13.6. The fourth-order valence-electron chi connectivity index (χ4n) is 3.67. The van der Waals surface area contributed by atoms with Gasteiger partial charge < -0.3 is 19.7 Å². The second-order valence-electron chi connectivity index (χ2n) is 10.4. The van der Waals surface area contributed by atoms with Crippen LogP contribution in [-0.4, -0.2) is 29.8 Å². The lowest BCUT2D eigenvalue weighted by molar-refractivity contribution is 0.117. The molecule has 7 heteroatoms. The van der Waals surface area contributed by atoms with Crippen LogP contribution in [0, 0.1) is 23.7 Å². The molecule has 0 heterocycles. The Balaban J connectivity index is 1.51. The smallest absolute Gasteiger partial charge is 0.210 e. The maximum Gasteiger partial charge on any atom is 0.210 e. The third-order valence-corrected chi connectivity index (χ3v) is 8.56. The van der Waals surface area contributed by atoms with Crippen molar-refractivity contribution in [3.8, 4) is 46.7 Å². The Hall–Kier alpha value is -4.53. The number of benzene rings is 4. The quantitative estimate of drug-likeness (QED) is 0.211. The van der Waals surface area contributed by atoms with Crippen LogP contribution in [0.15, 0.2) is 107 Å². The van der Waals surface area contributed by atoms with Crippen molar-refractivity contribution in [1.29, 1.82) is 0 Å². The van der Waals surface area contributed by atoms with Gasteiger partial charge in [0, 0.05) is 11.1 Å². The van der Waals surface area contributed by atoms with E-state index in [0.29, 0.717) is 41.2 Å². The summed E-state index contributed by atoms with van der Waals surface area (Å²) >= 11 is 0. The van der Waals surface area contributed by atoms with Crippen molar-refractivity contribution >= 4 is 9.84 Å². The van der Waals surface area contributed by atoms with E-state index in [2.05, 4.69) is 23.7 Å². The number of para-hydroxylation sites is 1. The van der Waals surface area contributed by atoms with Crippen molar-refractivity contribution in [2.45, 2.75) is 61.5 Å². The van der Waals surface area contributed by atoms with E-state index in [9.17, 15) is 18.6 Å². The molecule has 4 rings (SSSR count). The minimum Gasteiger partial charge on any atom is -0.457 e. The highest BCUT2D eigenvalue weighted by Gasteiger charge is 2.23. The predicted molar refractivity (Wildman–Crippen MR) is 167 cm³/mol. The van der Waals surface area contributed by atoms with Crippen molar-refractivity contribution in [3.63, 3.8) is 0 Å². The SMILES string of the molecule is CCC(C)(O)C#Cc1ccc(Oc2ccccc2S(=O)(=O)c2ccc(Oc3cccc(C#CC(C)(O)CC)c3)cc2)cc1. The number of rotatable bonds is 8. The van der Waals surface area contributed by atoms with E-state index in [1.54, 1.807) is 86.6 Å². The Morgan fingerprint density at radius 3 is 1.84 bits per heavy atom. The van der Waals surface area contributed by atoms with E-state index in [0.717, 1.165) is 0 Å². The fraction of sp³-hybridized carbons (Fsp3) is 0.222. The van der Waals surface area contributed by atoms with E-state index in [4.69, 9.17) is 9.47 Å². The number of aliphatic hydroxyl groups is 2. The Bertz CT molecular complexity index is 1800. The predicted octanol–water partition coefficient (Wildman–Crippen LogP) is 7.13. The van der Waals surface area contributed by atoms with Crippen LogP contribution in [0.1, 0.15) is 51.7 Å². The summed E-state index contributed by atoms with van der Waals surface area (Å²) in [7, 11) is -3.92. The summed E-state index contributed by atoms with van der Waals surface area (Å²) in [5, 5.41) is 20.2. The zero-order valence-corrected chi connectivity index (χ0v) is 25.4. The molecular weight excluding hydrogens is 560 g/mol. The van der Waals surface area contributed by atoms with Gasteiger partial charge in [0.15, 0.2) is 0 Å². The fourth-order valence-corrected chi connectivity index (χ4v) is 5.05. The number of sulfone groups is 1. The first-order valence-corrected chi connectivity index (χ1v) is 15.4. The van der Waals surface area contributed by atoms with Gasteiger partial charge in [-0.15, -0.1) is 0 Å². The molecule has 0 aliphatic rings. The lowest BCUT2D eigenvalue weighted by Gasteiger charge is -2.13. The molecule has 4 aromatic carbocycles. The van der Waals surface area contributed by atoms with Gasteiger partial charge in [0.1, 0.15) is 39.1 Å². The standard InChI is InChI=1S/C36H34O6S/c1-5-35(3,37)24-22-27-14-16-30(17-15-27)42-33-12-7-8-13-34(33)43(39,40)32-20-18-29(19-21-32)41-31-11-9-10-28(26-31)23-25-36(4,38)6-2/h7-21,26,37-38H,5-6H2,1-4H3. The molecule has 220 valence electrons. The topological polar surface area (TPSA) is 93.1 Å². The zero-order valence-electron chi connectivity index (χ0n) is 24.6. The maximum absolute atomic E-state index is 13.6. The molecule has 0 aliphatic carbocycles. The van der Waals surface area contributed by atoms with Crippen LogP contribution in [0.25, 0.3) is 0 Å². The Labute approximate surface area is 253 Å². The molecule has 0 fully saturated rings. The van der Waals surface area contributed by atoms with Crippen LogP contribution in [-0.2, 0) is 9.84 Å². The van der Waals surface area contributed by atoms with Gasteiger partial charge in [0.05, 0.1) is 4.90 Å². The summed E-state index contributed by atoms with van der Waals surface area (Å²) < 4.78 is 39.1. The third kappa shape index (κ3) is 8.50. The summed E-state index contributed by atoms with van der Waals surface area (Å²) in [6.45, 7) is 7.04. The van der Waals surface area contributed by atoms with E-state index >= 15 is 0 Å². The first-order chi connectivity index (χ1) is 20.4. The van der Waals surface area contributed by atoms with Gasteiger partial charge in [-0.2, -0.15) is 0 Å². The molecule has 0 radical (unpaired) electrons. The third-order valence-electron chi connectivity index (χ3n) is 6.75. The van der Waals surface area contributed by atoms with Crippen LogP contribution >= 0.6 is 0 Å². The molecule has 0 bridgehead atoms. The van der Waals surface area contributed by atoms with Crippen LogP contribution in [0.3, 0.4) is 0 Å². The number of hydrogen-bond acceptors (Lipinski definition) is 6. The first kappa shape index (κ1) is 31.4. The van der Waals surface area contributed by atoms with Gasteiger partial charge in [0.25, 0.3) is 0 Å². The van der Waals surface area contributed by atoms with Gasteiger partial charge in [0.2, 0.25) is 9.84 Å². The largest absolute Gasteiger partial charge is 0.457 e.